The average molecular weight is 348 g/mol. The summed E-state index contributed by atoms with van der Waals surface area (Å²) in [4.78, 5) is 22.2. The Morgan fingerprint density at radius 2 is 2.12 bits per heavy atom. The maximum atomic E-state index is 12.0. The second kappa shape index (κ2) is 7.76. The van der Waals surface area contributed by atoms with Crippen molar-refractivity contribution in [2.75, 3.05) is 6.61 Å². The molecule has 0 aromatic heterocycles. The highest BCUT2D eigenvalue weighted by Gasteiger charge is 2.52. The van der Waals surface area contributed by atoms with E-state index >= 15 is 0 Å². The predicted molar refractivity (Wildman–Crippen MR) is 98.1 cm³/mol. The lowest BCUT2D eigenvalue weighted by Crippen LogP contribution is -2.47. The van der Waals surface area contributed by atoms with Gasteiger partial charge in [-0.25, -0.2) is 0 Å². The molecule has 0 radical (unpaired) electrons. The van der Waals surface area contributed by atoms with E-state index in [1.807, 2.05) is 13.0 Å². The van der Waals surface area contributed by atoms with Gasteiger partial charge in [-0.05, 0) is 75.7 Å². The molecule has 0 unspecified atom stereocenters. The van der Waals surface area contributed by atoms with Crippen molar-refractivity contribution >= 4 is 12.4 Å². The molecule has 1 N–H and O–H groups in total. The van der Waals surface area contributed by atoms with E-state index in [0.717, 1.165) is 38.5 Å². The van der Waals surface area contributed by atoms with E-state index in [0.29, 0.717) is 19.0 Å². The molecule has 140 valence electrons. The molecule has 4 nitrogen and oxygen atoms in total. The van der Waals surface area contributed by atoms with Crippen molar-refractivity contribution in [1.29, 1.82) is 0 Å². The molecular formula is C21H32O4. The van der Waals surface area contributed by atoms with Crippen LogP contribution in [-0.4, -0.2) is 24.2 Å². The molecule has 2 aliphatic carbocycles. The standard InChI is InChI=1S/C21H32O4/c1-15(10-13-25-14-22)9-12-20(3)16(2)7-8-18-17(20)6-5-11-21(18,4)19(23)24/h6,10,14,16,18H,5,7-9,11-13H2,1-4H3,(H,23,24)/b15-10+/t16-,18+,20+,21+/m1/s1. The molecule has 0 aliphatic heterocycles. The Hall–Kier alpha value is -1.58. The normalized spacial score (nSPS) is 35.5. The largest absolute Gasteiger partial charge is 0.481 e. The molecule has 1 fully saturated rings. The summed E-state index contributed by atoms with van der Waals surface area (Å²) < 4.78 is 4.75. The Kier molecular flexibility index (Phi) is 6.12. The number of carbonyl (C=O) groups is 2. The Balaban J connectivity index is 2.20. The first-order valence-corrected chi connectivity index (χ1v) is 9.40. The van der Waals surface area contributed by atoms with E-state index < -0.39 is 11.4 Å². The summed E-state index contributed by atoms with van der Waals surface area (Å²) in [5, 5.41) is 9.83. The Morgan fingerprint density at radius 1 is 1.40 bits per heavy atom. The second-order valence-corrected chi connectivity index (χ2v) is 8.35. The zero-order chi connectivity index (χ0) is 18.7. The van der Waals surface area contributed by atoms with Crippen LogP contribution in [0.4, 0.5) is 0 Å². The molecule has 0 aromatic carbocycles. The van der Waals surface area contributed by atoms with Crippen LogP contribution >= 0.6 is 0 Å². The SMILES string of the molecule is C/C(=C\COC=O)CC[C@]1(C)C2=CCC[C@](C)(C(=O)O)[C@H]2CC[C@H]1C. The van der Waals surface area contributed by atoms with Gasteiger partial charge in [0.05, 0.1) is 5.41 Å². The zero-order valence-electron chi connectivity index (χ0n) is 16.0. The van der Waals surface area contributed by atoms with Gasteiger partial charge in [0.15, 0.2) is 0 Å². The third-order valence-electron chi connectivity index (χ3n) is 6.93. The maximum absolute atomic E-state index is 12.0. The molecule has 2 aliphatic rings. The fourth-order valence-electron chi connectivity index (χ4n) is 4.75. The van der Waals surface area contributed by atoms with E-state index in [4.69, 9.17) is 4.74 Å². The highest BCUT2D eigenvalue weighted by atomic mass is 16.5. The Labute approximate surface area is 151 Å². The zero-order valence-corrected chi connectivity index (χ0v) is 16.0. The lowest BCUT2D eigenvalue weighted by atomic mass is 9.51. The van der Waals surface area contributed by atoms with Gasteiger partial charge < -0.3 is 9.84 Å². The number of aliphatic carboxylic acids is 1. The maximum Gasteiger partial charge on any atom is 0.309 e. The Bertz CT molecular complexity index is 576. The van der Waals surface area contributed by atoms with Crippen molar-refractivity contribution in [1.82, 2.24) is 0 Å². The summed E-state index contributed by atoms with van der Waals surface area (Å²) in [6.07, 6.45) is 9.90. The highest BCUT2D eigenvalue weighted by molar-refractivity contribution is 5.75. The number of fused-ring (bicyclic) bond motifs is 1. The molecule has 0 heterocycles. The molecule has 4 atom stereocenters. The van der Waals surface area contributed by atoms with Crippen LogP contribution in [0.1, 0.15) is 66.2 Å². The van der Waals surface area contributed by atoms with Gasteiger partial charge in [-0.15, -0.1) is 0 Å². The number of carbonyl (C=O) groups excluding carboxylic acids is 1. The molecule has 0 amide bonds. The number of ether oxygens (including phenoxy) is 1. The molecular weight excluding hydrogens is 316 g/mol. The monoisotopic (exact) mass is 348 g/mol. The molecule has 0 aromatic rings. The number of hydrogen-bond donors (Lipinski definition) is 1. The molecule has 0 saturated heterocycles. The number of allylic oxidation sites excluding steroid dienone is 3. The summed E-state index contributed by atoms with van der Waals surface area (Å²) in [5.41, 5.74) is 2.00. The van der Waals surface area contributed by atoms with Gasteiger partial charge in [-0.3, -0.25) is 9.59 Å². The number of rotatable bonds is 7. The second-order valence-electron chi connectivity index (χ2n) is 8.35. The summed E-state index contributed by atoms with van der Waals surface area (Å²) in [6.45, 7) is 9.42. The van der Waals surface area contributed by atoms with E-state index in [1.54, 1.807) is 0 Å². The van der Waals surface area contributed by atoms with E-state index in [9.17, 15) is 14.7 Å². The topological polar surface area (TPSA) is 63.6 Å². The van der Waals surface area contributed by atoms with Crippen molar-refractivity contribution in [3.05, 3.63) is 23.3 Å². The fraction of sp³-hybridized carbons (Fsp3) is 0.714. The van der Waals surface area contributed by atoms with Crippen molar-refractivity contribution < 1.29 is 19.4 Å². The third kappa shape index (κ3) is 3.83. The van der Waals surface area contributed by atoms with Crippen molar-refractivity contribution in [3.63, 3.8) is 0 Å². The molecule has 1 saturated carbocycles. The third-order valence-corrected chi connectivity index (χ3v) is 6.93. The highest BCUT2D eigenvalue weighted by Crippen LogP contribution is 2.58. The van der Waals surface area contributed by atoms with Gasteiger partial charge in [-0.1, -0.05) is 31.1 Å². The fourth-order valence-corrected chi connectivity index (χ4v) is 4.75. The van der Waals surface area contributed by atoms with Crippen molar-refractivity contribution in [3.8, 4) is 0 Å². The minimum absolute atomic E-state index is 0.0423. The van der Waals surface area contributed by atoms with E-state index in [1.165, 1.54) is 11.1 Å². The minimum Gasteiger partial charge on any atom is -0.481 e. The molecule has 0 spiro atoms. The van der Waals surface area contributed by atoms with Crippen LogP contribution in [0.3, 0.4) is 0 Å². The first kappa shape index (κ1) is 19.7. The number of carboxylic acids is 1. The summed E-state index contributed by atoms with van der Waals surface area (Å²) >= 11 is 0. The van der Waals surface area contributed by atoms with Gasteiger partial charge in [0, 0.05) is 0 Å². The summed E-state index contributed by atoms with van der Waals surface area (Å²) in [6, 6.07) is 0. The lowest BCUT2D eigenvalue weighted by Gasteiger charge is -2.52. The van der Waals surface area contributed by atoms with Crippen molar-refractivity contribution in [2.24, 2.45) is 22.7 Å². The predicted octanol–water partition coefficient (Wildman–Crippen LogP) is 4.75. The first-order valence-electron chi connectivity index (χ1n) is 9.40. The van der Waals surface area contributed by atoms with Crippen LogP contribution in [0.5, 0.6) is 0 Å². The van der Waals surface area contributed by atoms with Gasteiger partial charge in [0.2, 0.25) is 0 Å². The van der Waals surface area contributed by atoms with Gasteiger partial charge >= 0.3 is 5.97 Å². The van der Waals surface area contributed by atoms with Gasteiger partial charge in [0.25, 0.3) is 6.47 Å². The van der Waals surface area contributed by atoms with Crippen molar-refractivity contribution in [2.45, 2.75) is 66.2 Å². The average Bonchev–Trinajstić information content (AvgIpc) is 2.57. The van der Waals surface area contributed by atoms with Crippen LogP contribution in [0.25, 0.3) is 0 Å². The van der Waals surface area contributed by atoms with E-state index in [-0.39, 0.29) is 11.3 Å². The molecule has 4 heteroatoms. The Morgan fingerprint density at radius 3 is 2.76 bits per heavy atom. The van der Waals surface area contributed by atoms with Crippen LogP contribution in [-0.2, 0) is 14.3 Å². The smallest absolute Gasteiger partial charge is 0.309 e. The van der Waals surface area contributed by atoms with Crippen LogP contribution in [0, 0.1) is 22.7 Å². The van der Waals surface area contributed by atoms with Gasteiger partial charge in [0.1, 0.15) is 6.61 Å². The minimum atomic E-state index is -0.651. The van der Waals surface area contributed by atoms with Crippen LogP contribution < -0.4 is 0 Å². The molecule has 0 bridgehead atoms. The molecule has 2 rings (SSSR count). The van der Waals surface area contributed by atoms with Crippen LogP contribution in [0.2, 0.25) is 0 Å². The number of hydrogen-bond acceptors (Lipinski definition) is 3. The van der Waals surface area contributed by atoms with E-state index in [2.05, 4.69) is 26.8 Å². The summed E-state index contributed by atoms with van der Waals surface area (Å²) in [5.74, 6) is 0.0508. The molecule has 25 heavy (non-hydrogen) atoms. The van der Waals surface area contributed by atoms with Gasteiger partial charge in [-0.2, -0.15) is 0 Å². The summed E-state index contributed by atoms with van der Waals surface area (Å²) in [7, 11) is 0. The van der Waals surface area contributed by atoms with Crippen LogP contribution in [0.15, 0.2) is 23.3 Å². The quantitative estimate of drug-likeness (QED) is 0.410. The lowest BCUT2D eigenvalue weighted by molar-refractivity contribution is -0.152. The first-order chi connectivity index (χ1) is 11.8. The number of carboxylic acid groups (broad SMARTS) is 1.